The number of carbonyl (C=O) groups excluding carboxylic acids is 1. The fourth-order valence-corrected chi connectivity index (χ4v) is 1.73. The van der Waals surface area contributed by atoms with Crippen molar-refractivity contribution in [2.45, 2.75) is 26.4 Å². The van der Waals surface area contributed by atoms with Crippen LogP contribution >= 0.6 is 0 Å². The third kappa shape index (κ3) is 4.23. The monoisotopic (exact) mass is 315 g/mol. The van der Waals surface area contributed by atoms with Crippen LogP contribution in [0.5, 0.6) is 5.75 Å². The number of rotatable bonds is 3. The maximum absolute atomic E-state index is 11.8. The fourth-order valence-electron chi connectivity index (χ4n) is 1.73. The van der Waals surface area contributed by atoms with Gasteiger partial charge in [-0.05, 0) is 45.0 Å². The van der Waals surface area contributed by atoms with E-state index in [-0.39, 0.29) is 17.5 Å². The van der Waals surface area contributed by atoms with Crippen molar-refractivity contribution in [3.63, 3.8) is 0 Å². The van der Waals surface area contributed by atoms with E-state index in [9.17, 15) is 4.79 Å². The summed E-state index contributed by atoms with van der Waals surface area (Å²) < 4.78 is 15.7. The van der Waals surface area contributed by atoms with Crippen LogP contribution in [0, 0.1) is 11.3 Å². The molecule has 0 fully saturated rings. The summed E-state index contributed by atoms with van der Waals surface area (Å²) in [4.78, 5) is 15.8. The first-order valence-electron chi connectivity index (χ1n) is 6.88. The van der Waals surface area contributed by atoms with E-state index in [4.69, 9.17) is 19.2 Å². The van der Waals surface area contributed by atoms with Gasteiger partial charge < -0.3 is 13.9 Å². The summed E-state index contributed by atoms with van der Waals surface area (Å²) in [6.45, 7) is 5.21. The van der Waals surface area contributed by atoms with Crippen molar-refractivity contribution in [3.05, 3.63) is 30.0 Å². The van der Waals surface area contributed by atoms with E-state index in [1.165, 1.54) is 0 Å². The van der Waals surface area contributed by atoms with Gasteiger partial charge in [-0.3, -0.25) is 5.32 Å². The zero-order chi connectivity index (χ0) is 17.0. The number of nitrogens with zero attached hydrogens (tertiary/aromatic N) is 2. The number of nitrogens with one attached hydrogen (secondary N) is 1. The van der Waals surface area contributed by atoms with Gasteiger partial charge in [0.25, 0.3) is 0 Å². The molecule has 0 saturated carbocycles. The van der Waals surface area contributed by atoms with Crippen molar-refractivity contribution >= 4 is 12.0 Å². The lowest BCUT2D eigenvalue weighted by atomic mass is 10.2. The van der Waals surface area contributed by atoms with E-state index in [2.05, 4.69) is 10.3 Å². The van der Waals surface area contributed by atoms with Crippen LogP contribution in [0.4, 0.5) is 10.7 Å². The Morgan fingerprint density at radius 3 is 2.48 bits per heavy atom. The molecule has 0 spiro atoms. The number of nitriles is 1. The van der Waals surface area contributed by atoms with Gasteiger partial charge >= 0.3 is 6.09 Å². The predicted molar refractivity (Wildman–Crippen MR) is 83.1 cm³/mol. The largest absolute Gasteiger partial charge is 0.497 e. The number of anilines is 1. The Balaban J connectivity index is 2.23. The molecule has 1 amide bonds. The minimum Gasteiger partial charge on any atom is -0.497 e. The molecule has 1 aromatic heterocycles. The first-order chi connectivity index (χ1) is 10.8. The second-order valence-corrected chi connectivity index (χ2v) is 5.66. The Morgan fingerprint density at radius 1 is 1.30 bits per heavy atom. The van der Waals surface area contributed by atoms with E-state index in [0.29, 0.717) is 11.3 Å². The van der Waals surface area contributed by atoms with Gasteiger partial charge in [0.2, 0.25) is 17.5 Å². The highest BCUT2D eigenvalue weighted by Crippen LogP contribution is 2.27. The van der Waals surface area contributed by atoms with E-state index in [1.807, 2.05) is 6.07 Å². The molecule has 0 radical (unpaired) electrons. The van der Waals surface area contributed by atoms with Gasteiger partial charge in [-0.25, -0.2) is 4.79 Å². The van der Waals surface area contributed by atoms with Crippen LogP contribution in [0.2, 0.25) is 0 Å². The van der Waals surface area contributed by atoms with Crippen molar-refractivity contribution in [1.82, 2.24) is 4.98 Å². The van der Waals surface area contributed by atoms with Crippen LogP contribution in [0.15, 0.2) is 28.7 Å². The normalized spacial score (nSPS) is 10.7. The highest BCUT2D eigenvalue weighted by molar-refractivity contribution is 5.84. The zero-order valence-corrected chi connectivity index (χ0v) is 13.3. The van der Waals surface area contributed by atoms with Gasteiger partial charge in [0.15, 0.2) is 0 Å². The highest BCUT2D eigenvalue weighted by Gasteiger charge is 2.21. The Bertz CT molecular complexity index is 736. The molecule has 1 N–H and O–H groups in total. The van der Waals surface area contributed by atoms with Crippen molar-refractivity contribution in [3.8, 4) is 23.3 Å². The number of oxazole rings is 1. The molecule has 2 aromatic rings. The molecule has 0 atom stereocenters. The average molecular weight is 315 g/mol. The second-order valence-electron chi connectivity index (χ2n) is 5.66. The van der Waals surface area contributed by atoms with Crippen LogP contribution in [-0.2, 0) is 4.74 Å². The van der Waals surface area contributed by atoms with E-state index < -0.39 is 11.7 Å². The van der Waals surface area contributed by atoms with Crippen LogP contribution < -0.4 is 10.1 Å². The molecule has 7 heteroatoms. The van der Waals surface area contributed by atoms with Gasteiger partial charge in [-0.2, -0.15) is 10.2 Å². The minimum atomic E-state index is -0.716. The summed E-state index contributed by atoms with van der Waals surface area (Å²) in [7, 11) is 1.57. The maximum Gasteiger partial charge on any atom is 0.414 e. The Kier molecular flexibility index (Phi) is 4.55. The molecule has 0 aliphatic rings. The molecule has 0 bridgehead atoms. The summed E-state index contributed by atoms with van der Waals surface area (Å²) in [6, 6.07) is 8.84. The number of benzene rings is 1. The van der Waals surface area contributed by atoms with Gasteiger partial charge in [0.05, 0.1) is 7.11 Å². The highest BCUT2D eigenvalue weighted by atomic mass is 16.6. The first kappa shape index (κ1) is 16.4. The van der Waals surface area contributed by atoms with E-state index in [0.717, 1.165) is 0 Å². The summed E-state index contributed by atoms with van der Waals surface area (Å²) in [5.41, 5.74) is -0.0309. The molecular formula is C16H17N3O4. The number of carbonyl (C=O) groups is 1. The molecule has 2 rings (SSSR count). The Labute approximate surface area is 133 Å². The molecule has 120 valence electrons. The SMILES string of the molecule is COc1ccc(-c2nc(C#N)c(NC(=O)OC(C)(C)C)o2)cc1. The number of amides is 1. The first-order valence-corrected chi connectivity index (χ1v) is 6.88. The third-order valence-corrected chi connectivity index (χ3v) is 2.68. The average Bonchev–Trinajstić information content (AvgIpc) is 2.88. The van der Waals surface area contributed by atoms with Crippen LogP contribution in [0.1, 0.15) is 26.5 Å². The Hall–Kier alpha value is -3.01. The van der Waals surface area contributed by atoms with Crippen LogP contribution in [-0.4, -0.2) is 23.8 Å². The third-order valence-electron chi connectivity index (χ3n) is 2.68. The molecule has 0 aliphatic heterocycles. The standard InChI is InChI=1S/C16H17N3O4/c1-16(2,3)23-15(20)19-14-12(9-17)18-13(22-14)10-5-7-11(21-4)8-6-10/h5-8H,1-4H3,(H,19,20). The van der Waals surface area contributed by atoms with E-state index >= 15 is 0 Å². The molecule has 1 aromatic carbocycles. The van der Waals surface area contributed by atoms with Gasteiger partial charge in [0.1, 0.15) is 17.4 Å². The van der Waals surface area contributed by atoms with Crippen LogP contribution in [0.25, 0.3) is 11.5 Å². The summed E-state index contributed by atoms with van der Waals surface area (Å²) in [6.07, 6.45) is -0.716. The van der Waals surface area contributed by atoms with Crippen LogP contribution in [0.3, 0.4) is 0 Å². The summed E-state index contributed by atoms with van der Waals surface area (Å²) in [5.74, 6) is 0.857. The van der Waals surface area contributed by atoms with Crippen molar-refractivity contribution in [2.24, 2.45) is 0 Å². The van der Waals surface area contributed by atoms with Crippen molar-refractivity contribution < 1.29 is 18.7 Å². The van der Waals surface area contributed by atoms with Crippen molar-refractivity contribution in [2.75, 3.05) is 12.4 Å². The molecule has 0 aliphatic carbocycles. The van der Waals surface area contributed by atoms with Gasteiger partial charge in [-0.1, -0.05) is 0 Å². The molecule has 7 nitrogen and oxygen atoms in total. The summed E-state index contributed by atoms with van der Waals surface area (Å²) in [5, 5.41) is 11.5. The quantitative estimate of drug-likeness (QED) is 0.930. The smallest absolute Gasteiger partial charge is 0.414 e. The lowest BCUT2D eigenvalue weighted by Crippen LogP contribution is -2.27. The fraction of sp³-hybridized carbons (Fsp3) is 0.312. The topological polar surface area (TPSA) is 97.4 Å². The molecule has 0 saturated heterocycles. The Morgan fingerprint density at radius 2 is 1.96 bits per heavy atom. The van der Waals surface area contributed by atoms with Gasteiger partial charge in [0, 0.05) is 5.56 Å². The zero-order valence-electron chi connectivity index (χ0n) is 13.3. The number of methoxy groups -OCH3 is 1. The van der Waals surface area contributed by atoms with Gasteiger partial charge in [-0.15, -0.1) is 0 Å². The lowest BCUT2D eigenvalue weighted by molar-refractivity contribution is 0.0632. The number of hydrogen-bond donors (Lipinski definition) is 1. The molecule has 23 heavy (non-hydrogen) atoms. The van der Waals surface area contributed by atoms with Crippen molar-refractivity contribution in [1.29, 1.82) is 5.26 Å². The lowest BCUT2D eigenvalue weighted by Gasteiger charge is -2.18. The second kappa shape index (κ2) is 6.40. The molecule has 1 heterocycles. The number of hydrogen-bond acceptors (Lipinski definition) is 6. The number of aromatic nitrogens is 1. The minimum absolute atomic E-state index is 0.0262. The predicted octanol–water partition coefficient (Wildman–Crippen LogP) is 3.57. The maximum atomic E-state index is 11.8. The number of ether oxygens (including phenoxy) is 2. The van der Waals surface area contributed by atoms with E-state index in [1.54, 1.807) is 52.1 Å². The molecular weight excluding hydrogens is 298 g/mol. The molecule has 0 unspecified atom stereocenters. The summed E-state index contributed by atoms with van der Waals surface area (Å²) >= 11 is 0.